The van der Waals surface area contributed by atoms with Crippen LogP contribution in [0, 0.1) is 0 Å². The van der Waals surface area contributed by atoms with Gasteiger partial charge in [-0.15, -0.1) is 0 Å². The van der Waals surface area contributed by atoms with Crippen LogP contribution in [0.3, 0.4) is 0 Å². The van der Waals surface area contributed by atoms with Gasteiger partial charge in [0.15, 0.2) is 5.96 Å². The minimum atomic E-state index is -0.294. The molecular formula is C8H18N6O. The molecular weight excluding hydrogens is 196 g/mol. The zero-order valence-electron chi connectivity index (χ0n) is 9.24. The van der Waals surface area contributed by atoms with Gasteiger partial charge in [0.1, 0.15) is 6.54 Å². The number of hydrogen-bond acceptors (Lipinski definition) is 2. The summed E-state index contributed by atoms with van der Waals surface area (Å²) in [5.74, 6) is -0.539. The van der Waals surface area contributed by atoms with Gasteiger partial charge in [-0.1, -0.05) is 0 Å². The van der Waals surface area contributed by atoms with Gasteiger partial charge in [-0.05, 0) is 20.8 Å². The van der Waals surface area contributed by atoms with E-state index in [-0.39, 0.29) is 29.9 Å². The average Bonchev–Trinajstić information content (AvgIpc) is 1.96. The van der Waals surface area contributed by atoms with Gasteiger partial charge in [0.25, 0.3) is 0 Å². The second-order valence-electron chi connectivity index (χ2n) is 4.01. The highest BCUT2D eigenvalue weighted by Crippen LogP contribution is 1.97. The lowest BCUT2D eigenvalue weighted by Crippen LogP contribution is -2.42. The van der Waals surface area contributed by atoms with Crippen molar-refractivity contribution in [3.63, 3.8) is 0 Å². The second-order valence-corrected chi connectivity index (χ2v) is 4.01. The number of nitrogens with zero attached hydrogens (tertiary/aromatic N) is 2. The van der Waals surface area contributed by atoms with Gasteiger partial charge in [0, 0.05) is 5.54 Å². The van der Waals surface area contributed by atoms with Crippen molar-refractivity contribution in [2.45, 2.75) is 26.3 Å². The number of hydrogen-bond donors (Lipinski definition) is 4. The summed E-state index contributed by atoms with van der Waals surface area (Å²) in [6.07, 6.45) is 0. The number of amides is 1. The Bertz CT molecular complexity index is 284. The van der Waals surface area contributed by atoms with Gasteiger partial charge >= 0.3 is 0 Å². The van der Waals surface area contributed by atoms with Crippen LogP contribution in [0.1, 0.15) is 20.8 Å². The standard InChI is InChI=1S/C8H18N6O/c1-8(2,3)14-5(15)4-12-7(11)13-6(9)10/h4H2,1-3H3,(H,14,15)(H6,9,10,11,12,13). The maximum Gasteiger partial charge on any atom is 0.242 e. The lowest BCUT2D eigenvalue weighted by atomic mass is 10.1. The Morgan fingerprint density at radius 1 is 1.27 bits per heavy atom. The van der Waals surface area contributed by atoms with Crippen molar-refractivity contribution in [1.29, 1.82) is 0 Å². The van der Waals surface area contributed by atoms with E-state index in [0.29, 0.717) is 0 Å². The Kier molecular flexibility index (Phi) is 4.56. The molecule has 0 aliphatic rings. The number of rotatable bonds is 2. The van der Waals surface area contributed by atoms with Crippen molar-refractivity contribution in [3.05, 3.63) is 0 Å². The lowest BCUT2D eigenvalue weighted by molar-refractivity contribution is -0.121. The van der Waals surface area contributed by atoms with E-state index in [9.17, 15) is 4.79 Å². The molecule has 0 aromatic carbocycles. The van der Waals surface area contributed by atoms with Gasteiger partial charge in [-0.3, -0.25) is 4.79 Å². The van der Waals surface area contributed by atoms with Crippen LogP contribution >= 0.6 is 0 Å². The summed E-state index contributed by atoms with van der Waals surface area (Å²) in [6.45, 7) is 5.51. The molecule has 86 valence electrons. The van der Waals surface area contributed by atoms with Gasteiger partial charge in [0.2, 0.25) is 11.9 Å². The molecule has 0 heterocycles. The number of nitrogens with one attached hydrogen (secondary N) is 1. The summed E-state index contributed by atoms with van der Waals surface area (Å²) in [7, 11) is 0. The van der Waals surface area contributed by atoms with Crippen LogP contribution in [0.5, 0.6) is 0 Å². The Labute approximate surface area is 88.8 Å². The smallest absolute Gasteiger partial charge is 0.242 e. The molecule has 0 spiro atoms. The third-order valence-electron chi connectivity index (χ3n) is 1.14. The maximum atomic E-state index is 11.3. The Morgan fingerprint density at radius 2 is 1.80 bits per heavy atom. The Morgan fingerprint density at radius 3 is 2.20 bits per heavy atom. The van der Waals surface area contributed by atoms with Crippen LogP contribution in [0.15, 0.2) is 9.98 Å². The van der Waals surface area contributed by atoms with E-state index in [2.05, 4.69) is 15.3 Å². The summed E-state index contributed by atoms with van der Waals surface area (Å²) < 4.78 is 0. The van der Waals surface area contributed by atoms with E-state index in [1.807, 2.05) is 20.8 Å². The minimum Gasteiger partial charge on any atom is -0.370 e. The Balaban J connectivity index is 4.16. The van der Waals surface area contributed by atoms with Crippen LogP contribution in [0.4, 0.5) is 0 Å². The van der Waals surface area contributed by atoms with Crippen molar-refractivity contribution in [2.75, 3.05) is 6.54 Å². The van der Waals surface area contributed by atoms with E-state index in [1.54, 1.807) is 0 Å². The van der Waals surface area contributed by atoms with E-state index < -0.39 is 0 Å². The van der Waals surface area contributed by atoms with Crippen molar-refractivity contribution < 1.29 is 4.79 Å². The maximum absolute atomic E-state index is 11.3. The van der Waals surface area contributed by atoms with E-state index in [0.717, 1.165) is 0 Å². The van der Waals surface area contributed by atoms with Crippen LogP contribution in [-0.4, -0.2) is 29.9 Å². The molecule has 0 atom stereocenters. The molecule has 0 aromatic rings. The largest absolute Gasteiger partial charge is 0.370 e. The fourth-order valence-electron chi connectivity index (χ4n) is 0.778. The van der Waals surface area contributed by atoms with Crippen molar-refractivity contribution in [1.82, 2.24) is 5.32 Å². The first-order valence-corrected chi connectivity index (χ1v) is 4.41. The molecule has 0 aromatic heterocycles. The van der Waals surface area contributed by atoms with Crippen molar-refractivity contribution in [3.8, 4) is 0 Å². The molecule has 0 saturated heterocycles. The number of guanidine groups is 2. The van der Waals surface area contributed by atoms with Gasteiger partial charge in [-0.25, -0.2) is 4.99 Å². The Hall–Kier alpha value is -1.79. The third kappa shape index (κ3) is 8.54. The number of carbonyl (C=O) groups excluding carboxylic acids is 1. The topological polar surface area (TPSA) is 132 Å². The van der Waals surface area contributed by atoms with Crippen LogP contribution in [0.2, 0.25) is 0 Å². The predicted molar refractivity (Wildman–Crippen MR) is 60.2 cm³/mol. The number of nitrogens with two attached hydrogens (primary N) is 3. The second kappa shape index (κ2) is 5.18. The molecule has 7 heteroatoms. The molecule has 0 rings (SSSR count). The number of aliphatic imine (C=N–C) groups is 2. The molecule has 7 nitrogen and oxygen atoms in total. The zero-order valence-corrected chi connectivity index (χ0v) is 9.24. The molecule has 7 N–H and O–H groups in total. The molecule has 0 aliphatic carbocycles. The molecule has 0 bridgehead atoms. The first-order chi connectivity index (χ1) is 6.70. The fraction of sp³-hybridized carbons (Fsp3) is 0.625. The summed E-state index contributed by atoms with van der Waals surface area (Å²) in [5, 5.41) is 2.72. The van der Waals surface area contributed by atoms with Gasteiger partial charge in [-0.2, -0.15) is 4.99 Å². The van der Waals surface area contributed by atoms with E-state index in [4.69, 9.17) is 17.2 Å². The van der Waals surface area contributed by atoms with Crippen molar-refractivity contribution in [2.24, 2.45) is 27.2 Å². The summed E-state index contributed by atoms with van der Waals surface area (Å²) >= 11 is 0. The molecule has 0 aliphatic heterocycles. The predicted octanol–water partition coefficient (Wildman–Crippen LogP) is -1.51. The zero-order chi connectivity index (χ0) is 12.1. The van der Waals surface area contributed by atoms with Gasteiger partial charge in [0.05, 0.1) is 0 Å². The average molecular weight is 214 g/mol. The molecule has 1 amide bonds. The van der Waals surface area contributed by atoms with Crippen molar-refractivity contribution >= 4 is 17.8 Å². The first kappa shape index (κ1) is 13.2. The first-order valence-electron chi connectivity index (χ1n) is 4.41. The highest BCUT2D eigenvalue weighted by Gasteiger charge is 2.12. The van der Waals surface area contributed by atoms with Crippen LogP contribution in [0.25, 0.3) is 0 Å². The summed E-state index contributed by atoms with van der Waals surface area (Å²) in [6, 6.07) is 0. The highest BCUT2D eigenvalue weighted by atomic mass is 16.2. The third-order valence-corrected chi connectivity index (χ3v) is 1.14. The molecule has 0 saturated carbocycles. The minimum absolute atomic E-state index is 0.0973. The number of carbonyl (C=O) groups is 1. The SMILES string of the molecule is CC(C)(C)NC(=O)CN=C(N)N=C(N)N. The summed E-state index contributed by atoms with van der Waals surface area (Å²) in [4.78, 5) is 18.4. The van der Waals surface area contributed by atoms with E-state index >= 15 is 0 Å². The molecule has 15 heavy (non-hydrogen) atoms. The fourth-order valence-corrected chi connectivity index (χ4v) is 0.778. The quantitative estimate of drug-likeness (QED) is 0.328. The summed E-state index contributed by atoms with van der Waals surface area (Å²) in [5.41, 5.74) is 15.2. The van der Waals surface area contributed by atoms with Gasteiger partial charge < -0.3 is 22.5 Å². The van der Waals surface area contributed by atoms with E-state index in [1.165, 1.54) is 0 Å². The lowest BCUT2D eigenvalue weighted by Gasteiger charge is -2.19. The molecule has 0 unspecified atom stereocenters. The molecule has 0 radical (unpaired) electrons. The normalized spacial score (nSPS) is 12.1. The van der Waals surface area contributed by atoms with Crippen LogP contribution < -0.4 is 22.5 Å². The van der Waals surface area contributed by atoms with Crippen LogP contribution in [-0.2, 0) is 4.79 Å². The molecule has 0 fully saturated rings. The monoisotopic (exact) mass is 214 g/mol. The highest BCUT2D eigenvalue weighted by molar-refractivity contribution is 5.93.